The number of rotatable bonds is 3. The molecule has 18 heavy (non-hydrogen) atoms. The maximum Gasteiger partial charge on any atom is 0.269 e. The molecule has 0 aliphatic carbocycles. The standard InChI is InChI=1S/C14H12BNO2/c1-10-2-4-11(5-3-10)14(15)12-6-8-13(9-7-12)16(17)18/h2-9,14H,1H3. The highest BCUT2D eigenvalue weighted by Gasteiger charge is 2.10. The van der Waals surface area contributed by atoms with E-state index in [9.17, 15) is 10.1 Å². The fraction of sp³-hybridized carbons (Fsp3) is 0.143. The first-order valence-corrected chi connectivity index (χ1v) is 5.64. The van der Waals surface area contributed by atoms with Gasteiger partial charge in [0.05, 0.1) is 12.8 Å². The van der Waals surface area contributed by atoms with Gasteiger partial charge in [0.25, 0.3) is 5.69 Å². The lowest BCUT2D eigenvalue weighted by Gasteiger charge is -2.12. The van der Waals surface area contributed by atoms with Crippen LogP contribution in [0.2, 0.25) is 0 Å². The number of nitro groups is 1. The van der Waals surface area contributed by atoms with Crippen LogP contribution >= 0.6 is 0 Å². The summed E-state index contributed by atoms with van der Waals surface area (Å²) in [4.78, 5) is 10.1. The topological polar surface area (TPSA) is 43.1 Å². The molecule has 2 aromatic rings. The largest absolute Gasteiger partial charge is 0.269 e. The van der Waals surface area contributed by atoms with Gasteiger partial charge in [-0.3, -0.25) is 10.1 Å². The first-order chi connectivity index (χ1) is 8.58. The molecule has 0 aromatic heterocycles. The highest BCUT2D eigenvalue weighted by atomic mass is 16.6. The van der Waals surface area contributed by atoms with E-state index in [0.717, 1.165) is 11.1 Å². The summed E-state index contributed by atoms with van der Waals surface area (Å²) >= 11 is 0. The Morgan fingerprint density at radius 3 is 1.89 bits per heavy atom. The van der Waals surface area contributed by atoms with Crippen LogP contribution in [0.3, 0.4) is 0 Å². The first kappa shape index (κ1) is 12.4. The smallest absolute Gasteiger partial charge is 0.258 e. The van der Waals surface area contributed by atoms with E-state index < -0.39 is 4.92 Å². The average Bonchev–Trinajstić information content (AvgIpc) is 2.39. The Labute approximate surface area is 107 Å². The molecule has 0 aliphatic rings. The third-order valence-electron chi connectivity index (χ3n) is 2.90. The van der Waals surface area contributed by atoms with Crippen LogP contribution in [-0.4, -0.2) is 12.8 Å². The van der Waals surface area contributed by atoms with Crippen molar-refractivity contribution < 1.29 is 4.92 Å². The van der Waals surface area contributed by atoms with Gasteiger partial charge >= 0.3 is 0 Å². The van der Waals surface area contributed by atoms with Crippen molar-refractivity contribution in [2.75, 3.05) is 0 Å². The Kier molecular flexibility index (Phi) is 3.46. The van der Waals surface area contributed by atoms with Crippen molar-refractivity contribution in [2.24, 2.45) is 0 Å². The summed E-state index contributed by atoms with van der Waals surface area (Å²) in [5, 5.41) is 10.6. The molecule has 0 amide bonds. The lowest BCUT2D eigenvalue weighted by atomic mass is 9.76. The molecule has 0 aliphatic heterocycles. The van der Waals surface area contributed by atoms with Crippen LogP contribution in [0.1, 0.15) is 22.5 Å². The molecule has 0 fully saturated rings. The zero-order valence-corrected chi connectivity index (χ0v) is 10.0. The predicted octanol–water partition coefficient (Wildman–Crippen LogP) is 3.16. The van der Waals surface area contributed by atoms with E-state index in [-0.39, 0.29) is 11.5 Å². The number of nitro benzene ring substituents is 1. The van der Waals surface area contributed by atoms with E-state index in [1.165, 1.54) is 17.7 Å². The van der Waals surface area contributed by atoms with E-state index in [2.05, 4.69) is 0 Å². The zero-order valence-electron chi connectivity index (χ0n) is 10.0. The number of nitrogens with zero attached hydrogens (tertiary/aromatic N) is 1. The molecule has 1 unspecified atom stereocenters. The van der Waals surface area contributed by atoms with Crippen molar-refractivity contribution in [1.29, 1.82) is 0 Å². The number of hydrogen-bond acceptors (Lipinski definition) is 2. The second-order valence-corrected chi connectivity index (χ2v) is 4.24. The van der Waals surface area contributed by atoms with Crippen molar-refractivity contribution in [3.8, 4) is 0 Å². The quantitative estimate of drug-likeness (QED) is 0.467. The van der Waals surface area contributed by atoms with Gasteiger partial charge < -0.3 is 0 Å². The number of non-ortho nitro benzene ring substituents is 1. The van der Waals surface area contributed by atoms with Gasteiger partial charge in [-0.1, -0.05) is 42.0 Å². The highest BCUT2D eigenvalue weighted by molar-refractivity contribution is 6.14. The maximum atomic E-state index is 10.6. The van der Waals surface area contributed by atoms with Gasteiger partial charge in [-0.25, -0.2) is 0 Å². The van der Waals surface area contributed by atoms with Crippen LogP contribution in [0, 0.1) is 17.0 Å². The van der Waals surface area contributed by atoms with Crippen LogP contribution in [0.25, 0.3) is 0 Å². The summed E-state index contributed by atoms with van der Waals surface area (Å²) in [6.45, 7) is 2.02. The zero-order chi connectivity index (χ0) is 13.1. The summed E-state index contributed by atoms with van der Waals surface area (Å²) < 4.78 is 0. The second-order valence-electron chi connectivity index (χ2n) is 4.24. The molecule has 0 saturated carbocycles. The van der Waals surface area contributed by atoms with E-state index in [4.69, 9.17) is 7.85 Å². The molecule has 0 saturated heterocycles. The van der Waals surface area contributed by atoms with Gasteiger partial charge in [0.2, 0.25) is 0 Å². The SMILES string of the molecule is [B]C(c1ccc(C)cc1)c1ccc([N+](=O)[O-])cc1. The lowest BCUT2D eigenvalue weighted by molar-refractivity contribution is -0.384. The minimum Gasteiger partial charge on any atom is -0.258 e. The Bertz CT molecular complexity index is 549. The summed E-state index contributed by atoms with van der Waals surface area (Å²) in [6, 6.07) is 14.3. The molecule has 2 aromatic carbocycles. The van der Waals surface area contributed by atoms with Crippen molar-refractivity contribution in [3.05, 3.63) is 75.3 Å². The molecule has 0 spiro atoms. The maximum absolute atomic E-state index is 10.6. The highest BCUT2D eigenvalue weighted by Crippen LogP contribution is 2.23. The molecule has 4 heteroatoms. The van der Waals surface area contributed by atoms with Gasteiger partial charge in [-0.15, -0.1) is 0 Å². The number of benzene rings is 2. The van der Waals surface area contributed by atoms with E-state index in [1.807, 2.05) is 31.2 Å². The van der Waals surface area contributed by atoms with Crippen LogP contribution in [-0.2, 0) is 0 Å². The lowest BCUT2D eigenvalue weighted by Crippen LogP contribution is -2.00. The molecule has 0 N–H and O–H groups in total. The second kappa shape index (κ2) is 5.04. The van der Waals surface area contributed by atoms with Crippen LogP contribution in [0.15, 0.2) is 48.5 Å². The fourth-order valence-corrected chi connectivity index (χ4v) is 1.77. The van der Waals surface area contributed by atoms with Crippen LogP contribution in [0.4, 0.5) is 5.69 Å². The normalized spacial score (nSPS) is 12.1. The molecular formula is C14H12BNO2. The Morgan fingerprint density at radius 2 is 1.44 bits per heavy atom. The summed E-state index contributed by atoms with van der Waals surface area (Å²) in [6.07, 6.45) is 0. The first-order valence-electron chi connectivity index (χ1n) is 5.64. The van der Waals surface area contributed by atoms with E-state index >= 15 is 0 Å². The average molecular weight is 237 g/mol. The molecule has 2 rings (SSSR count). The van der Waals surface area contributed by atoms with Crippen molar-refractivity contribution >= 4 is 13.5 Å². The Hall–Kier alpha value is -2.10. The van der Waals surface area contributed by atoms with Gasteiger partial charge in [0.1, 0.15) is 0 Å². The summed E-state index contributed by atoms with van der Waals surface area (Å²) in [5.74, 6) is -0.258. The van der Waals surface area contributed by atoms with Gasteiger partial charge in [0, 0.05) is 12.1 Å². The van der Waals surface area contributed by atoms with Crippen LogP contribution in [0.5, 0.6) is 0 Å². The number of aryl methyl sites for hydroxylation is 1. The fourth-order valence-electron chi connectivity index (χ4n) is 1.77. The molecule has 2 radical (unpaired) electrons. The van der Waals surface area contributed by atoms with Crippen LogP contribution < -0.4 is 0 Å². The summed E-state index contributed by atoms with van der Waals surface area (Å²) in [5.41, 5.74) is 3.11. The van der Waals surface area contributed by atoms with Gasteiger partial charge in [-0.05, 0) is 23.9 Å². The van der Waals surface area contributed by atoms with Crippen molar-refractivity contribution in [2.45, 2.75) is 12.7 Å². The number of hydrogen-bond donors (Lipinski definition) is 0. The van der Waals surface area contributed by atoms with E-state index in [1.54, 1.807) is 12.1 Å². The summed E-state index contributed by atoms with van der Waals surface area (Å²) in [7, 11) is 6.12. The minimum absolute atomic E-state index is 0.0786. The Balaban J connectivity index is 2.25. The molecular weight excluding hydrogens is 225 g/mol. The third kappa shape index (κ3) is 2.59. The minimum atomic E-state index is -0.415. The van der Waals surface area contributed by atoms with Crippen molar-refractivity contribution in [1.82, 2.24) is 0 Å². The van der Waals surface area contributed by atoms with E-state index in [0.29, 0.717) is 0 Å². The monoisotopic (exact) mass is 237 g/mol. The van der Waals surface area contributed by atoms with Gasteiger partial charge in [0.15, 0.2) is 0 Å². The molecule has 1 atom stereocenters. The van der Waals surface area contributed by atoms with Gasteiger partial charge in [-0.2, -0.15) is 0 Å². The Morgan fingerprint density at radius 1 is 1.00 bits per heavy atom. The molecule has 0 bridgehead atoms. The molecule has 0 heterocycles. The predicted molar refractivity (Wildman–Crippen MR) is 71.9 cm³/mol. The molecule has 3 nitrogen and oxygen atoms in total. The third-order valence-corrected chi connectivity index (χ3v) is 2.90. The molecule has 88 valence electrons. The van der Waals surface area contributed by atoms with Crippen molar-refractivity contribution in [3.63, 3.8) is 0 Å².